The van der Waals surface area contributed by atoms with Crippen molar-refractivity contribution in [3.05, 3.63) is 17.8 Å². The molecule has 0 aliphatic rings. The molecule has 0 aliphatic heterocycles. The van der Waals surface area contributed by atoms with Crippen molar-refractivity contribution in [1.29, 1.82) is 0 Å². The Bertz CT molecular complexity index is 553. The van der Waals surface area contributed by atoms with E-state index in [1.807, 2.05) is 32.2 Å². The van der Waals surface area contributed by atoms with E-state index < -0.39 is 0 Å². The van der Waals surface area contributed by atoms with Crippen LogP contribution in [-0.4, -0.2) is 27.2 Å². The summed E-state index contributed by atoms with van der Waals surface area (Å²) in [5, 5.41) is 5.61. The molecular weight excluding hydrogens is 266 g/mol. The molecule has 0 spiro atoms. The monoisotopic (exact) mass is 281 g/mol. The third-order valence-corrected chi connectivity index (χ3v) is 4.44. The molecule has 0 aromatic carbocycles. The lowest BCUT2D eigenvalue weighted by Gasteiger charge is -2.13. The van der Waals surface area contributed by atoms with Crippen LogP contribution in [0.1, 0.15) is 20.8 Å². The normalized spacial score (nSPS) is 12.9. The van der Waals surface area contributed by atoms with Crippen molar-refractivity contribution in [2.24, 2.45) is 0 Å². The molecule has 4 nitrogen and oxygen atoms in total. The summed E-state index contributed by atoms with van der Waals surface area (Å²) < 4.78 is 1.05. The lowest BCUT2D eigenvalue weighted by Crippen LogP contribution is -2.35. The lowest BCUT2D eigenvalue weighted by atomic mass is 10.3. The number of thiophene rings is 1. The third kappa shape index (κ3) is 3.00. The molecule has 2 aromatic heterocycles. The van der Waals surface area contributed by atoms with E-state index in [4.69, 9.17) is 0 Å². The van der Waals surface area contributed by atoms with Gasteiger partial charge in [0, 0.05) is 6.04 Å². The van der Waals surface area contributed by atoms with Crippen LogP contribution in [0.3, 0.4) is 0 Å². The first-order chi connectivity index (χ1) is 8.58. The molecule has 6 heteroatoms. The molecule has 1 atom stereocenters. The average Bonchev–Trinajstić information content (AvgIpc) is 2.77. The van der Waals surface area contributed by atoms with Crippen molar-refractivity contribution in [2.75, 3.05) is 0 Å². The Labute approximate surface area is 114 Å². The topological polar surface area (TPSA) is 54.9 Å². The summed E-state index contributed by atoms with van der Waals surface area (Å²) >= 11 is 3.08. The molecule has 0 bridgehead atoms. The molecule has 1 N–H and O–H groups in total. The molecule has 96 valence electrons. The second-order valence-electron chi connectivity index (χ2n) is 4.24. The quantitative estimate of drug-likeness (QED) is 0.691. The first-order valence-corrected chi connectivity index (χ1v) is 7.49. The standard InChI is InChI=1S/C12H15N3OS2/c1-7(2)15-11(16)8(3)18-12-10-9(4-5-17-10)13-6-14-12/h4-8H,1-3H3,(H,15,16). The predicted octanol–water partition coefficient (Wildman–Crippen LogP) is 2.70. The van der Waals surface area contributed by atoms with Gasteiger partial charge >= 0.3 is 0 Å². The first-order valence-electron chi connectivity index (χ1n) is 5.73. The number of nitrogens with zero attached hydrogens (tertiary/aromatic N) is 2. The van der Waals surface area contributed by atoms with E-state index in [0.29, 0.717) is 0 Å². The average molecular weight is 281 g/mol. The number of rotatable bonds is 4. The minimum absolute atomic E-state index is 0.0401. The number of amides is 1. The van der Waals surface area contributed by atoms with Crippen molar-refractivity contribution in [2.45, 2.75) is 37.1 Å². The zero-order chi connectivity index (χ0) is 13.1. The van der Waals surface area contributed by atoms with Gasteiger partial charge in [-0.1, -0.05) is 11.8 Å². The summed E-state index contributed by atoms with van der Waals surface area (Å²) in [5.41, 5.74) is 0.939. The highest BCUT2D eigenvalue weighted by molar-refractivity contribution is 8.00. The maximum absolute atomic E-state index is 11.9. The van der Waals surface area contributed by atoms with Crippen LogP contribution in [0.25, 0.3) is 10.2 Å². The molecule has 2 rings (SSSR count). The molecule has 0 aliphatic carbocycles. The van der Waals surface area contributed by atoms with Crippen LogP contribution in [0.2, 0.25) is 0 Å². The summed E-state index contributed by atoms with van der Waals surface area (Å²) in [6, 6.07) is 2.12. The lowest BCUT2D eigenvalue weighted by molar-refractivity contribution is -0.120. The minimum atomic E-state index is -0.160. The first kappa shape index (κ1) is 13.3. The van der Waals surface area contributed by atoms with Crippen LogP contribution in [-0.2, 0) is 4.79 Å². The Hall–Kier alpha value is -1.14. The number of carbonyl (C=O) groups excluding carboxylic acids is 1. The maximum Gasteiger partial charge on any atom is 0.233 e. The second kappa shape index (κ2) is 5.67. The third-order valence-electron chi connectivity index (χ3n) is 2.30. The highest BCUT2D eigenvalue weighted by Crippen LogP contribution is 2.31. The Balaban J connectivity index is 2.13. The molecule has 1 amide bonds. The van der Waals surface area contributed by atoms with Gasteiger partial charge in [-0.3, -0.25) is 4.79 Å². The van der Waals surface area contributed by atoms with Gasteiger partial charge in [-0.2, -0.15) is 0 Å². The summed E-state index contributed by atoms with van der Waals surface area (Å²) in [6.07, 6.45) is 1.55. The van der Waals surface area contributed by atoms with Crippen molar-refractivity contribution in [3.8, 4) is 0 Å². The van der Waals surface area contributed by atoms with Crippen LogP contribution in [0.4, 0.5) is 0 Å². The Morgan fingerprint density at radius 2 is 2.17 bits per heavy atom. The molecule has 0 fully saturated rings. The molecule has 0 saturated carbocycles. The highest BCUT2D eigenvalue weighted by atomic mass is 32.2. The van der Waals surface area contributed by atoms with Crippen molar-refractivity contribution < 1.29 is 4.79 Å². The summed E-state index contributed by atoms with van der Waals surface area (Å²) in [4.78, 5) is 20.3. The fourth-order valence-electron chi connectivity index (χ4n) is 1.47. The van der Waals surface area contributed by atoms with Gasteiger partial charge in [0.2, 0.25) is 5.91 Å². The number of nitrogens with one attached hydrogen (secondary N) is 1. The van der Waals surface area contributed by atoms with E-state index in [1.54, 1.807) is 17.7 Å². The van der Waals surface area contributed by atoms with Crippen molar-refractivity contribution in [1.82, 2.24) is 15.3 Å². The zero-order valence-corrected chi connectivity index (χ0v) is 12.1. The van der Waals surface area contributed by atoms with Crippen LogP contribution in [0, 0.1) is 0 Å². The SMILES string of the molecule is CC(C)NC(=O)C(C)Sc1ncnc2ccsc12. The zero-order valence-electron chi connectivity index (χ0n) is 10.5. The molecule has 0 saturated heterocycles. The summed E-state index contributed by atoms with van der Waals surface area (Å²) in [7, 11) is 0. The number of hydrogen-bond donors (Lipinski definition) is 1. The largest absolute Gasteiger partial charge is 0.353 e. The molecule has 2 aromatic rings. The van der Waals surface area contributed by atoms with Crippen molar-refractivity contribution in [3.63, 3.8) is 0 Å². The Kier molecular flexibility index (Phi) is 4.19. The summed E-state index contributed by atoms with van der Waals surface area (Å²) in [5.74, 6) is 0.0401. The van der Waals surface area contributed by atoms with E-state index in [1.165, 1.54) is 11.8 Å². The second-order valence-corrected chi connectivity index (χ2v) is 6.48. The number of carbonyl (C=O) groups is 1. The number of thioether (sulfide) groups is 1. The van der Waals surface area contributed by atoms with Crippen LogP contribution in [0.5, 0.6) is 0 Å². The van der Waals surface area contributed by atoms with Crippen LogP contribution < -0.4 is 5.32 Å². The van der Waals surface area contributed by atoms with Gasteiger partial charge in [0.15, 0.2) is 0 Å². The van der Waals surface area contributed by atoms with E-state index in [9.17, 15) is 4.79 Å². The van der Waals surface area contributed by atoms with Gasteiger partial charge in [0.1, 0.15) is 11.4 Å². The van der Waals surface area contributed by atoms with Gasteiger partial charge in [0.05, 0.1) is 15.5 Å². The van der Waals surface area contributed by atoms with Gasteiger partial charge in [0.25, 0.3) is 0 Å². The fourth-order valence-corrected chi connectivity index (χ4v) is 3.32. The van der Waals surface area contributed by atoms with Gasteiger partial charge < -0.3 is 5.32 Å². The van der Waals surface area contributed by atoms with Crippen LogP contribution >= 0.6 is 23.1 Å². The molecule has 2 heterocycles. The number of aromatic nitrogens is 2. The molecule has 1 unspecified atom stereocenters. The van der Waals surface area contributed by atoms with E-state index in [-0.39, 0.29) is 17.2 Å². The molecular formula is C12H15N3OS2. The van der Waals surface area contributed by atoms with Gasteiger partial charge in [-0.15, -0.1) is 11.3 Å². The van der Waals surface area contributed by atoms with E-state index in [0.717, 1.165) is 15.2 Å². The Morgan fingerprint density at radius 1 is 1.39 bits per heavy atom. The van der Waals surface area contributed by atoms with E-state index in [2.05, 4.69) is 15.3 Å². The smallest absolute Gasteiger partial charge is 0.233 e. The predicted molar refractivity (Wildman–Crippen MR) is 76.0 cm³/mol. The van der Waals surface area contributed by atoms with Gasteiger partial charge in [-0.05, 0) is 32.2 Å². The van der Waals surface area contributed by atoms with Crippen molar-refractivity contribution >= 4 is 39.2 Å². The van der Waals surface area contributed by atoms with Crippen LogP contribution in [0.15, 0.2) is 22.8 Å². The molecule has 0 radical (unpaired) electrons. The number of hydrogen-bond acceptors (Lipinski definition) is 5. The minimum Gasteiger partial charge on any atom is -0.353 e. The fraction of sp³-hybridized carbons (Fsp3) is 0.417. The Morgan fingerprint density at radius 3 is 2.89 bits per heavy atom. The summed E-state index contributed by atoms with van der Waals surface area (Å²) in [6.45, 7) is 5.80. The highest BCUT2D eigenvalue weighted by Gasteiger charge is 2.17. The van der Waals surface area contributed by atoms with E-state index >= 15 is 0 Å². The molecule has 18 heavy (non-hydrogen) atoms. The maximum atomic E-state index is 11.9. The van der Waals surface area contributed by atoms with Gasteiger partial charge in [-0.25, -0.2) is 9.97 Å². The number of fused-ring (bicyclic) bond motifs is 1.